The SMILES string of the molecule is CCOC(=O)c1cc2c3ccccc3c3ccccc3c2cn1. The number of pyridine rings is 1. The van der Waals surface area contributed by atoms with E-state index in [4.69, 9.17) is 4.74 Å². The fraction of sp³-hybridized carbons (Fsp3) is 0.100. The largest absolute Gasteiger partial charge is 0.461 e. The summed E-state index contributed by atoms with van der Waals surface area (Å²) in [5, 5.41) is 6.71. The minimum atomic E-state index is -0.383. The zero-order chi connectivity index (χ0) is 15.8. The van der Waals surface area contributed by atoms with Gasteiger partial charge in [-0.3, -0.25) is 0 Å². The van der Waals surface area contributed by atoms with Gasteiger partial charge in [0.2, 0.25) is 0 Å². The summed E-state index contributed by atoms with van der Waals surface area (Å²) in [5.41, 5.74) is 0.347. The molecule has 0 unspecified atom stereocenters. The van der Waals surface area contributed by atoms with E-state index in [9.17, 15) is 4.79 Å². The van der Waals surface area contributed by atoms with Crippen LogP contribution in [0.3, 0.4) is 0 Å². The molecule has 3 nitrogen and oxygen atoms in total. The van der Waals surface area contributed by atoms with Crippen molar-refractivity contribution in [2.75, 3.05) is 6.61 Å². The molecule has 112 valence electrons. The summed E-state index contributed by atoms with van der Waals surface area (Å²) < 4.78 is 5.07. The van der Waals surface area contributed by atoms with E-state index in [2.05, 4.69) is 29.2 Å². The molecule has 0 saturated heterocycles. The highest BCUT2D eigenvalue weighted by molar-refractivity contribution is 6.25. The Morgan fingerprint density at radius 1 is 0.870 bits per heavy atom. The maximum atomic E-state index is 12.0. The van der Waals surface area contributed by atoms with E-state index in [-0.39, 0.29) is 5.97 Å². The van der Waals surface area contributed by atoms with Gasteiger partial charge in [0.1, 0.15) is 5.69 Å². The van der Waals surface area contributed by atoms with Crippen LogP contribution in [-0.4, -0.2) is 17.6 Å². The van der Waals surface area contributed by atoms with Gasteiger partial charge in [0.15, 0.2) is 0 Å². The molecule has 0 radical (unpaired) electrons. The fourth-order valence-corrected chi connectivity index (χ4v) is 3.12. The van der Waals surface area contributed by atoms with E-state index in [0.29, 0.717) is 12.3 Å². The second-order valence-corrected chi connectivity index (χ2v) is 5.43. The molecule has 0 saturated carbocycles. The highest BCUT2D eigenvalue weighted by Gasteiger charge is 2.13. The number of hydrogen-bond donors (Lipinski definition) is 0. The molecule has 0 fully saturated rings. The summed E-state index contributed by atoms with van der Waals surface area (Å²) in [6.45, 7) is 2.14. The Hall–Kier alpha value is -2.94. The number of nitrogens with zero attached hydrogens (tertiary/aromatic N) is 1. The Kier molecular flexibility index (Phi) is 3.19. The highest BCUT2D eigenvalue weighted by atomic mass is 16.5. The van der Waals surface area contributed by atoms with Gasteiger partial charge < -0.3 is 4.74 Å². The Morgan fingerprint density at radius 2 is 1.39 bits per heavy atom. The molecule has 0 aliphatic carbocycles. The van der Waals surface area contributed by atoms with Gasteiger partial charge in [-0.25, -0.2) is 9.78 Å². The lowest BCUT2D eigenvalue weighted by Gasteiger charge is -2.10. The number of carbonyl (C=O) groups is 1. The number of aromatic nitrogens is 1. The Labute approximate surface area is 133 Å². The van der Waals surface area contributed by atoms with Crippen molar-refractivity contribution in [3.8, 4) is 0 Å². The van der Waals surface area contributed by atoms with Crippen LogP contribution in [0.4, 0.5) is 0 Å². The second-order valence-electron chi connectivity index (χ2n) is 5.43. The van der Waals surface area contributed by atoms with Gasteiger partial charge in [-0.15, -0.1) is 0 Å². The first-order valence-electron chi connectivity index (χ1n) is 7.66. The summed E-state index contributed by atoms with van der Waals surface area (Å²) in [6.07, 6.45) is 1.77. The minimum Gasteiger partial charge on any atom is -0.461 e. The zero-order valence-electron chi connectivity index (χ0n) is 12.7. The predicted octanol–water partition coefficient (Wildman–Crippen LogP) is 4.72. The summed E-state index contributed by atoms with van der Waals surface area (Å²) in [7, 11) is 0. The number of ether oxygens (including phenoxy) is 1. The van der Waals surface area contributed by atoms with Crippen LogP contribution in [0.5, 0.6) is 0 Å². The molecule has 3 aromatic carbocycles. The molecule has 0 atom stereocenters. The van der Waals surface area contributed by atoms with Crippen LogP contribution >= 0.6 is 0 Å². The van der Waals surface area contributed by atoms with Crippen molar-refractivity contribution in [3.63, 3.8) is 0 Å². The minimum absolute atomic E-state index is 0.344. The smallest absolute Gasteiger partial charge is 0.356 e. The lowest BCUT2D eigenvalue weighted by Crippen LogP contribution is -2.06. The van der Waals surface area contributed by atoms with Gasteiger partial charge in [0, 0.05) is 11.6 Å². The number of esters is 1. The van der Waals surface area contributed by atoms with Crippen LogP contribution in [-0.2, 0) is 4.74 Å². The zero-order valence-corrected chi connectivity index (χ0v) is 12.7. The van der Waals surface area contributed by atoms with Crippen molar-refractivity contribution < 1.29 is 9.53 Å². The van der Waals surface area contributed by atoms with E-state index < -0.39 is 0 Å². The molecule has 0 N–H and O–H groups in total. The molecular formula is C20H15NO2. The Morgan fingerprint density at radius 3 is 1.96 bits per heavy atom. The first-order valence-corrected chi connectivity index (χ1v) is 7.66. The number of fused-ring (bicyclic) bond motifs is 6. The topological polar surface area (TPSA) is 39.2 Å². The van der Waals surface area contributed by atoms with Crippen molar-refractivity contribution in [1.29, 1.82) is 0 Å². The van der Waals surface area contributed by atoms with Gasteiger partial charge >= 0.3 is 5.97 Å². The monoisotopic (exact) mass is 301 g/mol. The van der Waals surface area contributed by atoms with Crippen LogP contribution in [0.15, 0.2) is 60.8 Å². The molecule has 0 amide bonds. The molecule has 1 heterocycles. The van der Waals surface area contributed by atoms with Crippen LogP contribution in [0, 0.1) is 0 Å². The van der Waals surface area contributed by atoms with Crippen molar-refractivity contribution in [2.24, 2.45) is 0 Å². The van der Waals surface area contributed by atoms with Crippen LogP contribution in [0.25, 0.3) is 32.3 Å². The lowest BCUT2D eigenvalue weighted by molar-refractivity contribution is 0.0520. The third kappa shape index (κ3) is 2.13. The first-order chi connectivity index (χ1) is 11.3. The number of rotatable bonds is 2. The first kappa shape index (κ1) is 13.7. The maximum absolute atomic E-state index is 12.0. The van der Waals surface area contributed by atoms with Crippen molar-refractivity contribution >= 4 is 38.3 Å². The Balaban J connectivity index is 2.15. The van der Waals surface area contributed by atoms with E-state index in [1.54, 1.807) is 13.1 Å². The average molecular weight is 301 g/mol. The standard InChI is InChI=1S/C20H15NO2/c1-2-23-20(22)19-11-17-15-9-5-3-7-13(15)14-8-4-6-10-16(14)18(17)12-21-19/h3-12H,2H2,1H3. The third-order valence-electron chi connectivity index (χ3n) is 4.11. The van der Waals surface area contributed by atoms with Crippen LogP contribution < -0.4 is 0 Å². The van der Waals surface area contributed by atoms with Gasteiger partial charge in [-0.05, 0) is 39.9 Å². The molecule has 4 aromatic rings. The molecule has 4 rings (SSSR count). The van der Waals surface area contributed by atoms with Gasteiger partial charge in [-0.1, -0.05) is 48.5 Å². The van der Waals surface area contributed by atoms with E-state index >= 15 is 0 Å². The normalized spacial score (nSPS) is 11.2. The predicted molar refractivity (Wildman–Crippen MR) is 92.7 cm³/mol. The molecule has 23 heavy (non-hydrogen) atoms. The van der Waals surface area contributed by atoms with E-state index in [0.717, 1.165) is 21.5 Å². The summed E-state index contributed by atoms with van der Waals surface area (Å²) in [5.74, 6) is -0.383. The number of benzene rings is 3. The van der Waals surface area contributed by atoms with E-state index in [1.165, 1.54) is 10.8 Å². The molecule has 0 spiro atoms. The quantitative estimate of drug-likeness (QED) is 0.397. The summed E-state index contributed by atoms with van der Waals surface area (Å²) in [6, 6.07) is 18.4. The van der Waals surface area contributed by atoms with Crippen molar-refractivity contribution in [3.05, 3.63) is 66.5 Å². The summed E-state index contributed by atoms with van der Waals surface area (Å²) in [4.78, 5) is 16.3. The van der Waals surface area contributed by atoms with Crippen molar-refractivity contribution in [1.82, 2.24) is 4.98 Å². The summed E-state index contributed by atoms with van der Waals surface area (Å²) >= 11 is 0. The van der Waals surface area contributed by atoms with E-state index in [1.807, 2.05) is 30.3 Å². The third-order valence-corrected chi connectivity index (χ3v) is 4.11. The highest BCUT2D eigenvalue weighted by Crippen LogP contribution is 2.34. The lowest BCUT2D eigenvalue weighted by atomic mass is 9.95. The molecule has 0 bridgehead atoms. The molecular weight excluding hydrogens is 286 g/mol. The Bertz CT molecular complexity index is 1020. The molecule has 0 aliphatic rings. The van der Waals surface area contributed by atoms with Gasteiger partial charge in [-0.2, -0.15) is 0 Å². The van der Waals surface area contributed by atoms with Gasteiger partial charge in [0.05, 0.1) is 6.61 Å². The molecule has 1 aromatic heterocycles. The number of carbonyl (C=O) groups excluding carboxylic acids is 1. The fourth-order valence-electron chi connectivity index (χ4n) is 3.12. The van der Waals surface area contributed by atoms with Crippen LogP contribution in [0.1, 0.15) is 17.4 Å². The maximum Gasteiger partial charge on any atom is 0.356 e. The molecule has 3 heteroatoms. The number of hydrogen-bond acceptors (Lipinski definition) is 3. The second kappa shape index (κ2) is 5.36. The van der Waals surface area contributed by atoms with Crippen molar-refractivity contribution in [2.45, 2.75) is 6.92 Å². The van der Waals surface area contributed by atoms with Gasteiger partial charge in [0.25, 0.3) is 0 Å². The average Bonchev–Trinajstić information content (AvgIpc) is 2.62. The molecule has 0 aliphatic heterocycles. The van der Waals surface area contributed by atoms with Crippen LogP contribution in [0.2, 0.25) is 0 Å².